The van der Waals surface area contributed by atoms with Gasteiger partial charge in [0.05, 0.1) is 5.75 Å². The number of halogens is 1. The van der Waals surface area contributed by atoms with Crippen molar-refractivity contribution in [3.63, 3.8) is 0 Å². The standard InChI is InChI=1S/C15H15FN2O3S2/c16-12-5-1-2-6-13(12)21-8-14(19)17-18-15(20)10-22-9-11-4-3-7-23-11/h1-7H,8-10H2,(H,17,19)(H,18,20). The second-order valence-electron chi connectivity index (χ2n) is 4.39. The minimum atomic E-state index is -0.565. The Labute approximate surface area is 141 Å². The third kappa shape index (κ3) is 6.29. The molecule has 1 aromatic carbocycles. The highest BCUT2D eigenvalue weighted by Gasteiger charge is 2.08. The van der Waals surface area contributed by atoms with E-state index in [0.29, 0.717) is 0 Å². The van der Waals surface area contributed by atoms with E-state index in [-0.39, 0.29) is 24.0 Å². The van der Waals surface area contributed by atoms with Crippen molar-refractivity contribution in [3.05, 3.63) is 52.5 Å². The minimum absolute atomic E-state index is 0.0134. The number of hydrazine groups is 1. The zero-order valence-corrected chi connectivity index (χ0v) is 13.7. The molecule has 0 aliphatic rings. The highest BCUT2D eigenvalue weighted by Crippen LogP contribution is 2.16. The number of benzene rings is 1. The predicted octanol–water partition coefficient (Wildman–Crippen LogP) is 2.35. The molecule has 5 nitrogen and oxygen atoms in total. The Morgan fingerprint density at radius 3 is 2.65 bits per heavy atom. The Bertz CT molecular complexity index is 650. The summed E-state index contributed by atoms with van der Waals surface area (Å²) in [5.41, 5.74) is 4.50. The molecule has 0 bridgehead atoms. The molecule has 8 heteroatoms. The first-order chi connectivity index (χ1) is 11.1. The van der Waals surface area contributed by atoms with Gasteiger partial charge in [0.15, 0.2) is 18.2 Å². The summed E-state index contributed by atoms with van der Waals surface area (Å²) in [6.45, 7) is -0.385. The zero-order valence-electron chi connectivity index (χ0n) is 12.1. The number of thiophene rings is 1. The number of carbonyl (C=O) groups is 2. The third-order valence-corrected chi connectivity index (χ3v) is 4.63. The van der Waals surface area contributed by atoms with Gasteiger partial charge in [0.25, 0.3) is 5.91 Å². The van der Waals surface area contributed by atoms with Crippen LogP contribution in [0.1, 0.15) is 4.88 Å². The van der Waals surface area contributed by atoms with Gasteiger partial charge in [-0.3, -0.25) is 20.4 Å². The van der Waals surface area contributed by atoms with E-state index < -0.39 is 11.7 Å². The van der Waals surface area contributed by atoms with Gasteiger partial charge >= 0.3 is 0 Å². The molecule has 0 unspecified atom stereocenters. The summed E-state index contributed by atoms with van der Waals surface area (Å²) in [7, 11) is 0. The molecule has 0 aliphatic heterocycles. The normalized spacial score (nSPS) is 10.1. The predicted molar refractivity (Wildman–Crippen MR) is 88.7 cm³/mol. The van der Waals surface area contributed by atoms with Crippen LogP contribution in [0.3, 0.4) is 0 Å². The first kappa shape index (κ1) is 17.3. The summed E-state index contributed by atoms with van der Waals surface area (Å²) in [4.78, 5) is 24.3. The molecule has 0 aliphatic carbocycles. The van der Waals surface area contributed by atoms with E-state index in [2.05, 4.69) is 10.9 Å². The molecule has 0 spiro atoms. The van der Waals surface area contributed by atoms with Crippen LogP contribution in [0.5, 0.6) is 5.75 Å². The van der Waals surface area contributed by atoms with Gasteiger partial charge in [-0.2, -0.15) is 0 Å². The minimum Gasteiger partial charge on any atom is -0.481 e. The van der Waals surface area contributed by atoms with E-state index in [1.807, 2.05) is 17.5 Å². The SMILES string of the molecule is O=C(COc1ccccc1F)NNC(=O)CSCc1cccs1. The summed E-state index contributed by atoms with van der Waals surface area (Å²) in [5.74, 6) is -0.465. The van der Waals surface area contributed by atoms with E-state index in [4.69, 9.17) is 4.74 Å². The van der Waals surface area contributed by atoms with Crippen LogP contribution >= 0.6 is 23.1 Å². The number of carbonyl (C=O) groups excluding carboxylic acids is 2. The van der Waals surface area contributed by atoms with Crippen molar-refractivity contribution < 1.29 is 18.7 Å². The lowest BCUT2D eigenvalue weighted by Gasteiger charge is -2.09. The molecule has 2 aromatic rings. The van der Waals surface area contributed by atoms with Crippen LogP contribution in [0.4, 0.5) is 4.39 Å². The van der Waals surface area contributed by atoms with Crippen LogP contribution < -0.4 is 15.6 Å². The number of ether oxygens (including phenoxy) is 1. The van der Waals surface area contributed by atoms with Crippen molar-refractivity contribution >= 4 is 34.9 Å². The molecular formula is C15H15FN2O3S2. The fourth-order valence-electron chi connectivity index (χ4n) is 1.56. The average molecular weight is 354 g/mol. The molecule has 0 saturated carbocycles. The molecule has 0 saturated heterocycles. The fraction of sp³-hybridized carbons (Fsp3) is 0.200. The first-order valence-corrected chi connectivity index (χ1v) is 8.73. The van der Waals surface area contributed by atoms with E-state index >= 15 is 0 Å². The summed E-state index contributed by atoms with van der Waals surface area (Å²) in [6.07, 6.45) is 0. The van der Waals surface area contributed by atoms with Gasteiger partial charge < -0.3 is 4.74 Å². The van der Waals surface area contributed by atoms with E-state index in [1.54, 1.807) is 17.4 Å². The smallest absolute Gasteiger partial charge is 0.276 e. The van der Waals surface area contributed by atoms with Crippen molar-refractivity contribution in [2.75, 3.05) is 12.4 Å². The number of nitrogens with one attached hydrogen (secondary N) is 2. The molecule has 1 aromatic heterocycles. The number of para-hydroxylation sites is 1. The van der Waals surface area contributed by atoms with Gasteiger partial charge in [-0.05, 0) is 23.6 Å². The van der Waals surface area contributed by atoms with Crippen LogP contribution in [-0.4, -0.2) is 24.2 Å². The van der Waals surface area contributed by atoms with Gasteiger partial charge in [-0.1, -0.05) is 18.2 Å². The summed E-state index contributed by atoms with van der Waals surface area (Å²) in [6, 6.07) is 9.73. The molecule has 2 amide bonds. The molecule has 2 rings (SSSR count). The molecule has 1 heterocycles. The number of amides is 2. The lowest BCUT2D eigenvalue weighted by molar-refractivity contribution is -0.128. The van der Waals surface area contributed by atoms with Crippen LogP contribution in [0.2, 0.25) is 0 Å². The molecule has 0 fully saturated rings. The van der Waals surface area contributed by atoms with E-state index in [1.165, 1.54) is 34.8 Å². The van der Waals surface area contributed by atoms with Gasteiger partial charge in [-0.25, -0.2) is 4.39 Å². The first-order valence-electron chi connectivity index (χ1n) is 6.70. The number of hydrogen-bond donors (Lipinski definition) is 2. The van der Waals surface area contributed by atoms with Crippen molar-refractivity contribution in [2.24, 2.45) is 0 Å². The van der Waals surface area contributed by atoms with Crippen molar-refractivity contribution in [2.45, 2.75) is 5.75 Å². The number of rotatable bonds is 7. The van der Waals surface area contributed by atoms with Crippen LogP contribution in [-0.2, 0) is 15.3 Å². The maximum Gasteiger partial charge on any atom is 0.276 e. The highest BCUT2D eigenvalue weighted by atomic mass is 32.2. The van der Waals surface area contributed by atoms with Crippen LogP contribution in [0.25, 0.3) is 0 Å². The lowest BCUT2D eigenvalue weighted by atomic mass is 10.3. The lowest BCUT2D eigenvalue weighted by Crippen LogP contribution is -2.44. The van der Waals surface area contributed by atoms with Crippen LogP contribution in [0, 0.1) is 5.82 Å². The Morgan fingerprint density at radius 1 is 1.13 bits per heavy atom. The summed E-state index contributed by atoms with van der Waals surface area (Å²) < 4.78 is 18.3. The molecule has 0 atom stereocenters. The number of thioether (sulfide) groups is 1. The Balaban J connectivity index is 1.60. The molecule has 0 radical (unpaired) electrons. The quantitative estimate of drug-likeness (QED) is 0.749. The second kappa shape index (κ2) is 9.16. The zero-order chi connectivity index (χ0) is 16.5. The van der Waals surface area contributed by atoms with E-state index in [0.717, 1.165) is 5.75 Å². The van der Waals surface area contributed by atoms with Crippen molar-refractivity contribution in [1.29, 1.82) is 0 Å². The average Bonchev–Trinajstić information content (AvgIpc) is 3.05. The van der Waals surface area contributed by atoms with Gasteiger partial charge in [0, 0.05) is 10.6 Å². The van der Waals surface area contributed by atoms with Gasteiger partial charge in [-0.15, -0.1) is 23.1 Å². The molecule has 2 N–H and O–H groups in total. The maximum atomic E-state index is 13.3. The summed E-state index contributed by atoms with van der Waals surface area (Å²) in [5, 5.41) is 1.98. The van der Waals surface area contributed by atoms with Gasteiger partial charge in [0.1, 0.15) is 0 Å². The van der Waals surface area contributed by atoms with E-state index in [9.17, 15) is 14.0 Å². The monoisotopic (exact) mass is 354 g/mol. The molecule has 122 valence electrons. The maximum absolute atomic E-state index is 13.3. The van der Waals surface area contributed by atoms with Crippen LogP contribution in [0.15, 0.2) is 41.8 Å². The second-order valence-corrected chi connectivity index (χ2v) is 6.41. The highest BCUT2D eigenvalue weighted by molar-refractivity contribution is 7.99. The number of hydrogen-bond acceptors (Lipinski definition) is 5. The Kier molecular flexibility index (Phi) is 6.89. The third-order valence-electron chi connectivity index (χ3n) is 2.59. The fourth-order valence-corrected chi connectivity index (χ4v) is 3.22. The summed E-state index contributed by atoms with van der Waals surface area (Å²) >= 11 is 3.08. The topological polar surface area (TPSA) is 67.4 Å². The Hall–Kier alpha value is -2.06. The molecule has 23 heavy (non-hydrogen) atoms. The van der Waals surface area contributed by atoms with Crippen molar-refractivity contribution in [3.8, 4) is 5.75 Å². The van der Waals surface area contributed by atoms with Crippen molar-refractivity contribution in [1.82, 2.24) is 10.9 Å². The van der Waals surface area contributed by atoms with Gasteiger partial charge in [0.2, 0.25) is 5.91 Å². The molecular weight excluding hydrogens is 339 g/mol. The largest absolute Gasteiger partial charge is 0.481 e. The Morgan fingerprint density at radius 2 is 1.91 bits per heavy atom.